The number of hydrogen-bond donors (Lipinski definition) is 1. The molecule has 0 heterocycles. The lowest BCUT2D eigenvalue weighted by molar-refractivity contribution is -0.383. The number of nitro benzene ring substituents is 1. The first-order valence-electron chi connectivity index (χ1n) is 6.92. The molecular formula is C16H20N2O3. The first kappa shape index (κ1) is 15.3. The van der Waals surface area contributed by atoms with Crippen molar-refractivity contribution in [3.63, 3.8) is 0 Å². The van der Waals surface area contributed by atoms with E-state index in [2.05, 4.69) is 26.1 Å². The van der Waals surface area contributed by atoms with Crippen molar-refractivity contribution < 1.29 is 9.66 Å². The van der Waals surface area contributed by atoms with E-state index < -0.39 is 0 Å². The van der Waals surface area contributed by atoms with Crippen molar-refractivity contribution in [2.45, 2.75) is 26.3 Å². The lowest BCUT2D eigenvalue weighted by atomic mass is 10.1. The van der Waals surface area contributed by atoms with Gasteiger partial charge in [-0.15, -0.1) is 0 Å². The highest BCUT2D eigenvalue weighted by Crippen LogP contribution is 2.32. The second kappa shape index (κ2) is 6.10. The average Bonchev–Trinajstić information content (AvgIpc) is 2.42. The molecular weight excluding hydrogens is 268 g/mol. The van der Waals surface area contributed by atoms with E-state index in [1.807, 2.05) is 12.1 Å². The summed E-state index contributed by atoms with van der Waals surface area (Å²) in [5, 5.41) is 15.8. The van der Waals surface area contributed by atoms with Crippen molar-refractivity contribution in [2.24, 2.45) is 0 Å². The molecule has 0 bridgehead atoms. The Balaban J connectivity index is 2.18. The Morgan fingerprint density at radius 2 is 1.81 bits per heavy atom. The van der Waals surface area contributed by atoms with E-state index in [-0.39, 0.29) is 16.1 Å². The van der Waals surface area contributed by atoms with Gasteiger partial charge in [0.1, 0.15) is 12.4 Å². The van der Waals surface area contributed by atoms with Crippen LogP contribution in [0.25, 0.3) is 10.8 Å². The predicted molar refractivity (Wildman–Crippen MR) is 83.9 cm³/mol. The van der Waals surface area contributed by atoms with Gasteiger partial charge in [0.05, 0.1) is 10.3 Å². The summed E-state index contributed by atoms with van der Waals surface area (Å²) in [5.41, 5.74) is 0.145. The summed E-state index contributed by atoms with van der Waals surface area (Å²) in [6, 6.07) is 10.4. The van der Waals surface area contributed by atoms with Gasteiger partial charge >= 0.3 is 0 Å². The van der Waals surface area contributed by atoms with E-state index in [1.165, 1.54) is 6.07 Å². The Morgan fingerprint density at radius 1 is 1.14 bits per heavy atom. The first-order valence-corrected chi connectivity index (χ1v) is 6.92. The molecule has 0 saturated carbocycles. The van der Waals surface area contributed by atoms with Crippen LogP contribution in [0.15, 0.2) is 36.4 Å². The molecule has 0 atom stereocenters. The van der Waals surface area contributed by atoms with E-state index in [1.54, 1.807) is 18.2 Å². The minimum absolute atomic E-state index is 0.0426. The molecule has 5 heteroatoms. The van der Waals surface area contributed by atoms with Crippen molar-refractivity contribution in [3.8, 4) is 5.75 Å². The molecule has 0 saturated heterocycles. The second-order valence-corrected chi connectivity index (χ2v) is 5.91. The number of nitrogens with zero attached hydrogens (tertiary/aromatic N) is 1. The smallest absolute Gasteiger partial charge is 0.277 e. The number of nitro groups is 1. The largest absolute Gasteiger partial charge is 0.492 e. The van der Waals surface area contributed by atoms with Crippen LogP contribution in [0.2, 0.25) is 0 Å². The molecule has 2 rings (SSSR count). The molecule has 5 nitrogen and oxygen atoms in total. The number of nitrogens with one attached hydrogen (secondary N) is 1. The van der Waals surface area contributed by atoms with Gasteiger partial charge in [-0.1, -0.05) is 18.2 Å². The molecule has 0 spiro atoms. The van der Waals surface area contributed by atoms with Crippen LogP contribution in [0, 0.1) is 10.1 Å². The molecule has 0 aromatic heterocycles. The van der Waals surface area contributed by atoms with Gasteiger partial charge in [0.15, 0.2) is 0 Å². The summed E-state index contributed by atoms with van der Waals surface area (Å²) < 4.78 is 5.76. The fourth-order valence-corrected chi connectivity index (χ4v) is 2.13. The Kier molecular flexibility index (Phi) is 4.43. The van der Waals surface area contributed by atoms with Crippen molar-refractivity contribution in [1.29, 1.82) is 0 Å². The van der Waals surface area contributed by atoms with Gasteiger partial charge < -0.3 is 10.1 Å². The quantitative estimate of drug-likeness (QED) is 0.519. The normalized spacial score (nSPS) is 11.6. The molecule has 0 radical (unpaired) electrons. The van der Waals surface area contributed by atoms with E-state index in [4.69, 9.17) is 4.74 Å². The maximum absolute atomic E-state index is 11.1. The minimum atomic E-state index is -0.368. The van der Waals surface area contributed by atoms with Crippen LogP contribution in [-0.4, -0.2) is 23.6 Å². The molecule has 21 heavy (non-hydrogen) atoms. The van der Waals surface area contributed by atoms with Gasteiger partial charge in [-0.25, -0.2) is 0 Å². The van der Waals surface area contributed by atoms with Crippen molar-refractivity contribution in [2.75, 3.05) is 13.2 Å². The summed E-state index contributed by atoms with van der Waals surface area (Å²) in [5.74, 6) is 0.673. The van der Waals surface area contributed by atoms with Gasteiger partial charge in [0.25, 0.3) is 5.69 Å². The summed E-state index contributed by atoms with van der Waals surface area (Å²) in [6.07, 6.45) is 0. The first-order chi connectivity index (χ1) is 9.88. The lowest BCUT2D eigenvalue weighted by Gasteiger charge is -2.20. The third kappa shape index (κ3) is 3.92. The van der Waals surface area contributed by atoms with E-state index >= 15 is 0 Å². The zero-order chi connectivity index (χ0) is 15.5. The molecule has 112 valence electrons. The van der Waals surface area contributed by atoms with Crippen molar-refractivity contribution in [1.82, 2.24) is 5.32 Å². The van der Waals surface area contributed by atoms with E-state index in [9.17, 15) is 10.1 Å². The average molecular weight is 288 g/mol. The molecule has 0 unspecified atom stereocenters. The topological polar surface area (TPSA) is 64.4 Å². The monoisotopic (exact) mass is 288 g/mol. The van der Waals surface area contributed by atoms with E-state index in [0.29, 0.717) is 17.7 Å². The highest BCUT2D eigenvalue weighted by molar-refractivity contribution is 5.95. The maximum atomic E-state index is 11.1. The Labute approximate surface area is 124 Å². The lowest BCUT2D eigenvalue weighted by Crippen LogP contribution is -2.38. The van der Waals surface area contributed by atoms with Gasteiger partial charge in [-0.05, 0) is 32.9 Å². The van der Waals surface area contributed by atoms with Crippen LogP contribution >= 0.6 is 0 Å². The number of benzene rings is 2. The number of hydrogen-bond acceptors (Lipinski definition) is 4. The van der Waals surface area contributed by atoms with E-state index in [0.717, 1.165) is 11.9 Å². The molecule has 1 N–H and O–H groups in total. The zero-order valence-electron chi connectivity index (χ0n) is 12.6. The molecule has 0 aliphatic heterocycles. The molecule has 2 aromatic carbocycles. The molecule has 0 aliphatic rings. The van der Waals surface area contributed by atoms with Gasteiger partial charge in [-0.2, -0.15) is 0 Å². The zero-order valence-corrected chi connectivity index (χ0v) is 12.6. The van der Waals surface area contributed by atoms with Gasteiger partial charge in [0, 0.05) is 23.5 Å². The van der Waals surface area contributed by atoms with Crippen LogP contribution in [0.5, 0.6) is 5.75 Å². The van der Waals surface area contributed by atoms with Crippen molar-refractivity contribution >= 4 is 16.5 Å². The second-order valence-electron chi connectivity index (χ2n) is 5.91. The summed E-state index contributed by atoms with van der Waals surface area (Å²) in [4.78, 5) is 10.7. The number of ether oxygens (including phenoxy) is 1. The van der Waals surface area contributed by atoms with Gasteiger partial charge in [-0.3, -0.25) is 10.1 Å². The van der Waals surface area contributed by atoms with Crippen LogP contribution < -0.4 is 10.1 Å². The van der Waals surface area contributed by atoms with Gasteiger partial charge in [0.2, 0.25) is 0 Å². The SMILES string of the molecule is CC(C)(C)NCCOc1ccc([N+](=O)[O-])c2ccccc12. The third-order valence-electron chi connectivity index (χ3n) is 3.07. The fraction of sp³-hybridized carbons (Fsp3) is 0.375. The Bertz CT molecular complexity index is 648. The Morgan fingerprint density at radius 3 is 2.43 bits per heavy atom. The fourth-order valence-electron chi connectivity index (χ4n) is 2.13. The summed E-state index contributed by atoms with van der Waals surface area (Å²) in [7, 11) is 0. The Hall–Kier alpha value is -2.14. The number of non-ortho nitro benzene ring substituents is 1. The highest BCUT2D eigenvalue weighted by atomic mass is 16.6. The highest BCUT2D eigenvalue weighted by Gasteiger charge is 2.14. The summed E-state index contributed by atoms with van der Waals surface area (Å²) >= 11 is 0. The van der Waals surface area contributed by atoms with Crippen LogP contribution in [0.1, 0.15) is 20.8 Å². The van der Waals surface area contributed by atoms with Crippen molar-refractivity contribution in [3.05, 3.63) is 46.5 Å². The van der Waals surface area contributed by atoms with Crippen LogP contribution in [0.3, 0.4) is 0 Å². The third-order valence-corrected chi connectivity index (χ3v) is 3.07. The number of rotatable bonds is 5. The molecule has 2 aromatic rings. The van der Waals surface area contributed by atoms with Crippen LogP contribution in [0.4, 0.5) is 5.69 Å². The molecule has 0 fully saturated rings. The molecule has 0 amide bonds. The van der Waals surface area contributed by atoms with Crippen LogP contribution in [-0.2, 0) is 0 Å². The minimum Gasteiger partial charge on any atom is -0.492 e. The standard InChI is InChI=1S/C16H20N2O3/c1-16(2,3)17-10-11-21-15-9-8-14(18(19)20)12-6-4-5-7-13(12)15/h4-9,17H,10-11H2,1-3H3. The molecule has 0 aliphatic carbocycles. The summed E-state index contributed by atoms with van der Waals surface area (Å²) in [6.45, 7) is 7.50. The maximum Gasteiger partial charge on any atom is 0.277 e. The predicted octanol–water partition coefficient (Wildman–Crippen LogP) is 3.51. The number of fused-ring (bicyclic) bond motifs is 1.